The van der Waals surface area contributed by atoms with Gasteiger partial charge in [-0.25, -0.2) is 0 Å². The standard InChI is InChI=1S/C11H21NO2S/c1-3-11(4-2,10-13)9-12-5-7-15(14)8-6-12/h10H,3-9H2,1-2H3. The van der Waals surface area contributed by atoms with Gasteiger partial charge in [0.15, 0.2) is 0 Å². The van der Waals surface area contributed by atoms with Crippen LogP contribution in [-0.4, -0.2) is 46.5 Å². The molecule has 0 aliphatic carbocycles. The maximum atomic E-state index is 11.2. The van der Waals surface area contributed by atoms with Gasteiger partial charge < -0.3 is 9.69 Å². The van der Waals surface area contributed by atoms with E-state index >= 15 is 0 Å². The quantitative estimate of drug-likeness (QED) is 0.664. The highest BCUT2D eigenvalue weighted by molar-refractivity contribution is 7.85. The van der Waals surface area contributed by atoms with Gasteiger partial charge in [-0.2, -0.15) is 0 Å². The normalized spacial score (nSPS) is 20.4. The van der Waals surface area contributed by atoms with E-state index in [4.69, 9.17) is 0 Å². The lowest BCUT2D eigenvalue weighted by Crippen LogP contribution is -2.44. The van der Waals surface area contributed by atoms with Crippen LogP contribution in [0.2, 0.25) is 0 Å². The van der Waals surface area contributed by atoms with Crippen molar-refractivity contribution in [1.82, 2.24) is 4.90 Å². The molecule has 0 unspecified atom stereocenters. The second-order valence-corrected chi connectivity index (χ2v) is 6.01. The van der Waals surface area contributed by atoms with Gasteiger partial charge in [-0.1, -0.05) is 13.8 Å². The second-order valence-electron chi connectivity index (χ2n) is 4.31. The summed E-state index contributed by atoms with van der Waals surface area (Å²) in [6.45, 7) is 6.73. The predicted octanol–water partition coefficient (Wildman–Crippen LogP) is 1.06. The van der Waals surface area contributed by atoms with Crippen LogP contribution in [0, 0.1) is 5.41 Å². The number of rotatable bonds is 5. The van der Waals surface area contributed by atoms with Crippen molar-refractivity contribution in [2.24, 2.45) is 5.41 Å². The number of hydrogen-bond donors (Lipinski definition) is 0. The van der Waals surface area contributed by atoms with Gasteiger partial charge in [0.1, 0.15) is 6.29 Å². The Morgan fingerprint density at radius 1 is 1.27 bits per heavy atom. The maximum Gasteiger partial charge on any atom is 0.127 e. The molecule has 1 saturated heterocycles. The van der Waals surface area contributed by atoms with E-state index in [0.717, 1.165) is 50.3 Å². The minimum atomic E-state index is -0.625. The first-order valence-electron chi connectivity index (χ1n) is 5.69. The molecule has 0 spiro atoms. The summed E-state index contributed by atoms with van der Waals surface area (Å²) in [7, 11) is -0.625. The van der Waals surface area contributed by atoms with Crippen molar-refractivity contribution in [3.63, 3.8) is 0 Å². The monoisotopic (exact) mass is 231 g/mol. The van der Waals surface area contributed by atoms with E-state index < -0.39 is 10.8 Å². The van der Waals surface area contributed by atoms with Gasteiger partial charge in [-0.05, 0) is 12.8 Å². The Morgan fingerprint density at radius 2 is 1.80 bits per heavy atom. The predicted molar refractivity (Wildman–Crippen MR) is 63.4 cm³/mol. The van der Waals surface area contributed by atoms with Crippen LogP contribution in [0.5, 0.6) is 0 Å². The topological polar surface area (TPSA) is 37.4 Å². The first kappa shape index (κ1) is 12.8. The average molecular weight is 231 g/mol. The van der Waals surface area contributed by atoms with E-state index in [0.29, 0.717) is 0 Å². The molecule has 4 heteroatoms. The van der Waals surface area contributed by atoms with Crippen molar-refractivity contribution < 1.29 is 9.00 Å². The molecule has 0 N–H and O–H groups in total. The zero-order valence-corrected chi connectivity index (χ0v) is 10.5. The molecule has 1 rings (SSSR count). The molecule has 1 fully saturated rings. The third kappa shape index (κ3) is 3.38. The Kier molecular flexibility index (Phi) is 4.93. The molecule has 0 aromatic rings. The van der Waals surface area contributed by atoms with E-state index in [1.165, 1.54) is 0 Å². The summed E-state index contributed by atoms with van der Waals surface area (Å²) in [5, 5.41) is 0. The SMILES string of the molecule is CCC(C=O)(CC)CN1CCS(=O)CC1. The lowest BCUT2D eigenvalue weighted by Gasteiger charge is -2.34. The minimum Gasteiger partial charge on any atom is -0.303 e. The van der Waals surface area contributed by atoms with Gasteiger partial charge >= 0.3 is 0 Å². The third-order valence-corrected chi connectivity index (χ3v) is 4.74. The highest BCUT2D eigenvalue weighted by Gasteiger charge is 2.29. The van der Waals surface area contributed by atoms with E-state index in [1.807, 2.05) is 0 Å². The molecule has 0 saturated carbocycles. The number of carbonyl (C=O) groups excluding carboxylic acids is 1. The van der Waals surface area contributed by atoms with Crippen LogP contribution in [0.25, 0.3) is 0 Å². The van der Waals surface area contributed by atoms with Crippen LogP contribution in [-0.2, 0) is 15.6 Å². The first-order valence-corrected chi connectivity index (χ1v) is 7.18. The van der Waals surface area contributed by atoms with Crippen molar-refractivity contribution in [3.8, 4) is 0 Å². The van der Waals surface area contributed by atoms with Crippen molar-refractivity contribution in [2.75, 3.05) is 31.1 Å². The number of carbonyl (C=O) groups is 1. The molecule has 88 valence electrons. The van der Waals surface area contributed by atoms with E-state index in [9.17, 15) is 9.00 Å². The number of nitrogens with zero attached hydrogens (tertiary/aromatic N) is 1. The van der Waals surface area contributed by atoms with Crippen molar-refractivity contribution in [2.45, 2.75) is 26.7 Å². The Morgan fingerprint density at radius 3 is 2.20 bits per heavy atom. The Balaban J connectivity index is 2.51. The fourth-order valence-electron chi connectivity index (χ4n) is 1.96. The molecule has 0 amide bonds. The fraction of sp³-hybridized carbons (Fsp3) is 0.909. The van der Waals surface area contributed by atoms with Gasteiger partial charge in [0.05, 0.1) is 0 Å². The van der Waals surface area contributed by atoms with Gasteiger partial charge in [0.25, 0.3) is 0 Å². The molecule has 0 radical (unpaired) electrons. The molecular formula is C11H21NO2S. The lowest BCUT2D eigenvalue weighted by atomic mass is 9.83. The molecular weight excluding hydrogens is 210 g/mol. The summed E-state index contributed by atoms with van der Waals surface area (Å²) in [6.07, 6.45) is 2.90. The molecule has 15 heavy (non-hydrogen) atoms. The van der Waals surface area contributed by atoms with E-state index in [2.05, 4.69) is 18.7 Å². The van der Waals surface area contributed by atoms with Crippen molar-refractivity contribution in [1.29, 1.82) is 0 Å². The van der Waals surface area contributed by atoms with Crippen LogP contribution >= 0.6 is 0 Å². The van der Waals surface area contributed by atoms with Crippen LogP contribution in [0.1, 0.15) is 26.7 Å². The van der Waals surface area contributed by atoms with Crippen LogP contribution in [0.15, 0.2) is 0 Å². The Labute approximate surface area is 94.7 Å². The molecule has 1 aliphatic heterocycles. The average Bonchev–Trinajstić information content (AvgIpc) is 2.29. The molecule has 1 heterocycles. The first-order chi connectivity index (χ1) is 7.15. The zero-order chi connectivity index (χ0) is 11.3. The summed E-state index contributed by atoms with van der Waals surface area (Å²) in [5.41, 5.74) is -0.182. The van der Waals surface area contributed by atoms with E-state index in [-0.39, 0.29) is 5.41 Å². The summed E-state index contributed by atoms with van der Waals surface area (Å²) in [4.78, 5) is 13.4. The zero-order valence-electron chi connectivity index (χ0n) is 9.70. The Hall–Kier alpha value is -0.220. The highest BCUT2D eigenvalue weighted by Crippen LogP contribution is 2.25. The fourth-order valence-corrected chi connectivity index (χ4v) is 3.08. The Bertz CT molecular complexity index is 229. The minimum absolute atomic E-state index is 0.182. The van der Waals surface area contributed by atoms with Gasteiger partial charge in [0.2, 0.25) is 0 Å². The number of hydrogen-bond acceptors (Lipinski definition) is 3. The molecule has 3 nitrogen and oxygen atoms in total. The second kappa shape index (κ2) is 5.75. The molecule has 0 aromatic heterocycles. The van der Waals surface area contributed by atoms with Crippen LogP contribution in [0.3, 0.4) is 0 Å². The highest BCUT2D eigenvalue weighted by atomic mass is 32.2. The molecule has 0 aromatic carbocycles. The van der Waals surface area contributed by atoms with Gasteiger partial charge in [0, 0.05) is 47.4 Å². The summed E-state index contributed by atoms with van der Waals surface area (Å²) in [5.74, 6) is 1.53. The van der Waals surface area contributed by atoms with E-state index in [1.54, 1.807) is 0 Å². The number of aldehydes is 1. The van der Waals surface area contributed by atoms with Gasteiger partial charge in [-0.3, -0.25) is 4.21 Å². The molecule has 0 bridgehead atoms. The molecule has 1 aliphatic rings. The van der Waals surface area contributed by atoms with Crippen LogP contribution in [0.4, 0.5) is 0 Å². The van der Waals surface area contributed by atoms with Gasteiger partial charge in [-0.15, -0.1) is 0 Å². The summed E-state index contributed by atoms with van der Waals surface area (Å²) < 4.78 is 11.2. The molecule has 0 atom stereocenters. The maximum absolute atomic E-state index is 11.2. The van der Waals surface area contributed by atoms with Crippen LogP contribution < -0.4 is 0 Å². The third-order valence-electron chi connectivity index (χ3n) is 3.47. The van der Waals surface area contributed by atoms with Crippen molar-refractivity contribution in [3.05, 3.63) is 0 Å². The smallest absolute Gasteiger partial charge is 0.127 e. The largest absolute Gasteiger partial charge is 0.303 e. The summed E-state index contributed by atoms with van der Waals surface area (Å²) >= 11 is 0. The van der Waals surface area contributed by atoms with Crippen molar-refractivity contribution >= 4 is 17.1 Å². The summed E-state index contributed by atoms with van der Waals surface area (Å²) in [6, 6.07) is 0. The lowest BCUT2D eigenvalue weighted by molar-refractivity contribution is -0.117.